The Kier molecular flexibility index (Phi) is 9.30. The van der Waals surface area contributed by atoms with Crippen molar-refractivity contribution in [2.75, 3.05) is 26.9 Å². The van der Waals surface area contributed by atoms with Crippen molar-refractivity contribution in [3.8, 4) is 11.6 Å². The maximum Gasteiger partial charge on any atom is 0.306 e. The predicted molar refractivity (Wildman–Crippen MR) is 174 cm³/mol. The molecule has 2 unspecified atom stereocenters. The fraction of sp³-hybridized carbons (Fsp3) is 0.703. The van der Waals surface area contributed by atoms with Crippen LogP contribution >= 0.6 is 0 Å². The molecule has 2 aliphatic carbocycles. The average molecular weight is 684 g/mol. The molecule has 1 aromatic heterocycles. The van der Waals surface area contributed by atoms with Gasteiger partial charge in [-0.25, -0.2) is 9.97 Å². The van der Waals surface area contributed by atoms with E-state index in [0.717, 1.165) is 19.1 Å². The number of amides is 1. The number of methoxy groups -OCH3 is 1. The summed E-state index contributed by atoms with van der Waals surface area (Å²) >= 11 is 0. The SMILES string of the molecule is CC[C@@H]1[C@@H]2CN(C(=O)[C@H](C3(C)CCOCC3)CC(=O)O[C@@H]3CC4CC4[C@H]3CCCCC(F)(F)c3nc4ccc(OC)cc4nc3O2)[C@@H]1C=O. The Hall–Kier alpha value is -3.41. The Balaban J connectivity index is 1.29. The lowest BCUT2D eigenvalue weighted by Crippen LogP contribution is -2.49. The molecular weight excluding hydrogens is 636 g/mol. The molecule has 266 valence electrons. The highest BCUT2D eigenvalue weighted by Crippen LogP contribution is 2.58. The van der Waals surface area contributed by atoms with Crippen molar-refractivity contribution in [2.24, 2.45) is 35.0 Å². The molecule has 5 aliphatic rings. The summed E-state index contributed by atoms with van der Waals surface area (Å²) < 4.78 is 56.0. The molecule has 49 heavy (non-hydrogen) atoms. The molecule has 0 N–H and O–H groups in total. The lowest BCUT2D eigenvalue weighted by molar-refractivity contribution is -0.160. The molecule has 7 rings (SSSR count). The number of hydrogen-bond acceptors (Lipinski definition) is 9. The van der Waals surface area contributed by atoms with Crippen LogP contribution in [0.2, 0.25) is 0 Å². The summed E-state index contributed by atoms with van der Waals surface area (Å²) in [4.78, 5) is 51.6. The molecule has 1 amide bonds. The third-order valence-electron chi connectivity index (χ3n) is 12.2. The van der Waals surface area contributed by atoms with Crippen LogP contribution in [0.15, 0.2) is 18.2 Å². The van der Waals surface area contributed by atoms with Crippen LogP contribution in [0, 0.1) is 35.0 Å². The van der Waals surface area contributed by atoms with Gasteiger partial charge in [0.25, 0.3) is 5.92 Å². The molecule has 1 aromatic carbocycles. The summed E-state index contributed by atoms with van der Waals surface area (Å²) in [6.45, 7) is 4.80. The van der Waals surface area contributed by atoms with Gasteiger partial charge in [0.2, 0.25) is 11.8 Å². The number of nitrogens with zero attached hydrogens (tertiary/aromatic N) is 3. The van der Waals surface area contributed by atoms with Crippen molar-refractivity contribution < 1.29 is 42.1 Å². The van der Waals surface area contributed by atoms with Gasteiger partial charge >= 0.3 is 5.97 Å². The van der Waals surface area contributed by atoms with Crippen LogP contribution in [0.3, 0.4) is 0 Å². The van der Waals surface area contributed by atoms with Crippen molar-refractivity contribution in [1.82, 2.24) is 14.9 Å². The molecular formula is C37H47F2N3O7. The second-order valence-electron chi connectivity index (χ2n) is 15.1. The monoisotopic (exact) mass is 683 g/mol. The molecule has 2 saturated heterocycles. The Morgan fingerprint density at radius 2 is 1.82 bits per heavy atom. The van der Waals surface area contributed by atoms with Gasteiger partial charge < -0.3 is 28.6 Å². The van der Waals surface area contributed by atoms with Crippen LogP contribution in [0.1, 0.15) is 83.7 Å². The van der Waals surface area contributed by atoms with E-state index in [-0.39, 0.29) is 48.7 Å². The quantitative estimate of drug-likeness (QED) is 0.288. The lowest BCUT2D eigenvalue weighted by atomic mass is 9.69. The molecule has 4 fully saturated rings. The normalized spacial score (nSPS) is 34.4. The van der Waals surface area contributed by atoms with Crippen LogP contribution in [-0.4, -0.2) is 78.1 Å². The van der Waals surface area contributed by atoms with Gasteiger partial charge in [-0.3, -0.25) is 9.59 Å². The van der Waals surface area contributed by atoms with E-state index >= 15 is 8.78 Å². The largest absolute Gasteiger partial charge is 0.497 e. The summed E-state index contributed by atoms with van der Waals surface area (Å²) in [7, 11) is 1.51. The van der Waals surface area contributed by atoms with Crippen molar-refractivity contribution >= 4 is 29.2 Å². The number of esters is 1. The van der Waals surface area contributed by atoms with E-state index < -0.39 is 53.4 Å². The molecule has 2 aromatic rings. The van der Waals surface area contributed by atoms with Crippen LogP contribution < -0.4 is 9.47 Å². The van der Waals surface area contributed by atoms with Crippen LogP contribution in [0.5, 0.6) is 11.6 Å². The summed E-state index contributed by atoms with van der Waals surface area (Å²) in [5, 5.41) is 0. The zero-order valence-electron chi connectivity index (χ0n) is 28.6. The van der Waals surface area contributed by atoms with Crippen LogP contribution in [-0.2, 0) is 29.8 Å². The number of alkyl halides is 2. The first-order valence-corrected chi connectivity index (χ1v) is 18.0. The van der Waals surface area contributed by atoms with Gasteiger partial charge in [-0.1, -0.05) is 20.3 Å². The number of ether oxygens (including phenoxy) is 4. The fourth-order valence-corrected chi connectivity index (χ4v) is 9.15. The van der Waals surface area contributed by atoms with Crippen LogP contribution in [0.25, 0.3) is 11.0 Å². The van der Waals surface area contributed by atoms with Gasteiger partial charge in [0, 0.05) is 31.6 Å². The Morgan fingerprint density at radius 3 is 2.55 bits per heavy atom. The maximum atomic E-state index is 16.2. The predicted octanol–water partition coefficient (Wildman–Crippen LogP) is 5.88. The summed E-state index contributed by atoms with van der Waals surface area (Å²) in [6, 6.07) is 4.00. The maximum absolute atomic E-state index is 16.2. The molecule has 2 saturated carbocycles. The lowest BCUT2D eigenvalue weighted by Gasteiger charge is -2.41. The summed E-state index contributed by atoms with van der Waals surface area (Å²) in [5.41, 5.74) is -0.484. The first-order chi connectivity index (χ1) is 23.5. The second kappa shape index (κ2) is 13.4. The molecule has 2 bridgehead atoms. The van der Waals surface area contributed by atoms with Gasteiger partial charge in [0.15, 0.2) is 5.69 Å². The van der Waals surface area contributed by atoms with Gasteiger partial charge in [-0.05, 0) is 80.2 Å². The zero-order valence-corrected chi connectivity index (χ0v) is 28.6. The minimum atomic E-state index is -3.35. The molecule has 8 atom stereocenters. The topological polar surface area (TPSA) is 117 Å². The standard InChI is InChI=1S/C37H47F2N3O7/c1-4-23-29(20-43)42-19-31(23)49-34-33(40-27-9-8-22(46-3)17-28(27)41-34)37(38,39)10-6-5-7-24-25-15-21(25)16-30(24)48-32(44)18-26(35(42)45)36(2)11-13-47-14-12-36/h8-9,17,20-21,23-26,29-31H,4-7,10-16,18-19H2,1-3H3/t21?,23-,24+,25?,26+,29+,30+,31-/m0/s1. The van der Waals surface area contributed by atoms with Gasteiger partial charge in [0.05, 0.1) is 43.1 Å². The number of benzene rings is 1. The van der Waals surface area contributed by atoms with Crippen molar-refractivity contribution in [3.63, 3.8) is 0 Å². The van der Waals surface area contributed by atoms with E-state index in [2.05, 4.69) is 9.97 Å². The number of aromatic nitrogens is 2. The third kappa shape index (κ3) is 6.50. The smallest absolute Gasteiger partial charge is 0.306 e. The Morgan fingerprint density at radius 1 is 1.02 bits per heavy atom. The first-order valence-electron chi connectivity index (χ1n) is 18.0. The number of rotatable bonds is 4. The summed E-state index contributed by atoms with van der Waals surface area (Å²) in [5.74, 6) is -4.08. The highest BCUT2D eigenvalue weighted by atomic mass is 19.3. The number of aldehydes is 1. The third-order valence-corrected chi connectivity index (χ3v) is 12.2. The molecule has 0 spiro atoms. The fourth-order valence-electron chi connectivity index (χ4n) is 9.15. The van der Waals surface area contributed by atoms with Gasteiger partial charge in [-0.2, -0.15) is 8.78 Å². The number of fused-ring (bicyclic) bond motifs is 7. The van der Waals surface area contributed by atoms with E-state index in [1.807, 2.05) is 13.8 Å². The number of carbonyl (C=O) groups is 3. The van der Waals surface area contributed by atoms with E-state index in [4.69, 9.17) is 18.9 Å². The Bertz CT molecular complexity index is 1580. The zero-order chi connectivity index (χ0) is 34.5. The molecule has 3 aliphatic heterocycles. The number of halogens is 2. The summed E-state index contributed by atoms with van der Waals surface area (Å²) in [6.07, 6.45) is 4.08. The molecule has 10 nitrogen and oxygen atoms in total. The first kappa shape index (κ1) is 34.1. The second-order valence-corrected chi connectivity index (χ2v) is 15.1. The Labute approximate surface area is 285 Å². The van der Waals surface area contributed by atoms with Gasteiger partial charge in [-0.15, -0.1) is 0 Å². The van der Waals surface area contributed by atoms with E-state index in [1.54, 1.807) is 18.2 Å². The number of carbonyl (C=O) groups excluding carboxylic acids is 3. The highest BCUT2D eigenvalue weighted by Gasteiger charge is 2.55. The highest BCUT2D eigenvalue weighted by molar-refractivity contribution is 5.87. The van der Waals surface area contributed by atoms with Crippen molar-refractivity contribution in [1.29, 1.82) is 0 Å². The minimum Gasteiger partial charge on any atom is -0.497 e. The van der Waals surface area contributed by atoms with E-state index in [1.165, 1.54) is 12.0 Å². The van der Waals surface area contributed by atoms with Gasteiger partial charge in [0.1, 0.15) is 24.2 Å². The average Bonchev–Trinajstić information content (AvgIpc) is 3.64. The minimum absolute atomic E-state index is 0.0181. The van der Waals surface area contributed by atoms with Crippen LogP contribution in [0.4, 0.5) is 8.78 Å². The molecule has 0 radical (unpaired) electrons. The van der Waals surface area contributed by atoms with Crippen molar-refractivity contribution in [3.05, 3.63) is 23.9 Å². The molecule has 4 heterocycles. The van der Waals surface area contributed by atoms with Crippen molar-refractivity contribution in [2.45, 2.75) is 102 Å². The number of hydrogen-bond donors (Lipinski definition) is 0. The molecule has 12 heteroatoms. The van der Waals surface area contributed by atoms with E-state index in [9.17, 15) is 14.4 Å². The van der Waals surface area contributed by atoms with E-state index in [0.29, 0.717) is 68.4 Å².